The molecular weight excluding hydrogens is 298 g/mol. The van der Waals surface area contributed by atoms with E-state index in [0.29, 0.717) is 26.1 Å². The minimum atomic E-state index is -0.551. The first-order valence-corrected chi connectivity index (χ1v) is 7.85. The smallest absolute Gasteiger partial charge is 0.407 e. The number of nitrogens with one attached hydrogen (secondary N) is 1. The summed E-state index contributed by atoms with van der Waals surface area (Å²) in [5.41, 5.74) is -0.551. The van der Waals surface area contributed by atoms with E-state index in [1.807, 2.05) is 6.92 Å². The number of nitrogens with zero attached hydrogens (tertiary/aromatic N) is 2. The third kappa shape index (κ3) is 6.30. The summed E-state index contributed by atoms with van der Waals surface area (Å²) in [5.74, 6) is -0.390. The molecule has 0 aromatic carbocycles. The molecule has 1 rings (SSSR count). The highest BCUT2D eigenvalue weighted by Crippen LogP contribution is 2.12. The number of likely N-dealkylation sites (N-methyl/N-ethyl adjacent to an activating group) is 1. The van der Waals surface area contributed by atoms with E-state index in [-0.39, 0.29) is 24.4 Å². The summed E-state index contributed by atoms with van der Waals surface area (Å²) in [6, 6.07) is -0.126. The van der Waals surface area contributed by atoms with Crippen LogP contribution in [0.3, 0.4) is 0 Å². The number of hydrogen-bond acceptors (Lipinski definition) is 4. The third-order valence-electron chi connectivity index (χ3n) is 3.46. The highest BCUT2D eigenvalue weighted by atomic mass is 16.6. The molecule has 7 heteroatoms. The van der Waals surface area contributed by atoms with Crippen LogP contribution < -0.4 is 5.32 Å². The van der Waals surface area contributed by atoms with Gasteiger partial charge in [-0.05, 0) is 40.2 Å². The van der Waals surface area contributed by atoms with Gasteiger partial charge in [0.25, 0.3) is 0 Å². The predicted molar refractivity (Wildman–Crippen MR) is 86.8 cm³/mol. The lowest BCUT2D eigenvalue weighted by Crippen LogP contribution is -2.44. The number of amides is 3. The number of hydrogen-bond donors (Lipinski definition) is 1. The van der Waals surface area contributed by atoms with Crippen LogP contribution in [0, 0.1) is 0 Å². The molecule has 1 unspecified atom stereocenters. The van der Waals surface area contributed by atoms with Crippen LogP contribution in [0.2, 0.25) is 0 Å². The molecule has 1 heterocycles. The van der Waals surface area contributed by atoms with Gasteiger partial charge in [0, 0.05) is 19.6 Å². The number of carbonyl (C=O) groups is 3. The maximum Gasteiger partial charge on any atom is 0.407 e. The summed E-state index contributed by atoms with van der Waals surface area (Å²) in [7, 11) is 0. The average molecular weight is 325 g/mol. The van der Waals surface area contributed by atoms with Crippen molar-refractivity contribution in [1.29, 1.82) is 0 Å². The lowest BCUT2D eigenvalue weighted by atomic mass is 10.2. The Balaban J connectivity index is 2.47. The van der Waals surface area contributed by atoms with Crippen LogP contribution in [0.1, 0.15) is 34.1 Å². The molecule has 130 valence electrons. The van der Waals surface area contributed by atoms with Crippen LogP contribution in [0.15, 0.2) is 12.7 Å². The molecule has 0 saturated carbocycles. The van der Waals surface area contributed by atoms with Gasteiger partial charge in [-0.2, -0.15) is 0 Å². The van der Waals surface area contributed by atoms with Crippen LogP contribution in [0.5, 0.6) is 0 Å². The summed E-state index contributed by atoms with van der Waals surface area (Å²) >= 11 is 0. The molecule has 1 fully saturated rings. The molecule has 0 aromatic heterocycles. The molecule has 7 nitrogen and oxygen atoms in total. The fourth-order valence-electron chi connectivity index (χ4n) is 2.32. The van der Waals surface area contributed by atoms with Crippen LogP contribution in [0.25, 0.3) is 0 Å². The lowest BCUT2D eigenvalue weighted by molar-refractivity contribution is -0.137. The highest BCUT2D eigenvalue weighted by molar-refractivity contribution is 5.91. The summed E-state index contributed by atoms with van der Waals surface area (Å²) in [5, 5.41) is 2.77. The zero-order chi connectivity index (χ0) is 17.6. The number of likely N-dealkylation sites (tertiary alicyclic amines) is 1. The van der Waals surface area contributed by atoms with Crippen LogP contribution in [0.4, 0.5) is 4.79 Å². The molecule has 0 aliphatic carbocycles. The van der Waals surface area contributed by atoms with Gasteiger partial charge in [-0.25, -0.2) is 4.79 Å². The van der Waals surface area contributed by atoms with Gasteiger partial charge in [-0.15, -0.1) is 0 Å². The zero-order valence-corrected chi connectivity index (χ0v) is 14.4. The fourth-order valence-corrected chi connectivity index (χ4v) is 2.32. The first-order chi connectivity index (χ1) is 10.7. The van der Waals surface area contributed by atoms with Crippen molar-refractivity contribution in [3.05, 3.63) is 12.7 Å². The van der Waals surface area contributed by atoms with Crippen molar-refractivity contribution in [2.45, 2.75) is 45.8 Å². The maximum absolute atomic E-state index is 12.2. The maximum atomic E-state index is 12.2. The minimum absolute atomic E-state index is 0.0283. The average Bonchev–Trinajstić information content (AvgIpc) is 2.89. The molecule has 1 aliphatic rings. The molecule has 23 heavy (non-hydrogen) atoms. The van der Waals surface area contributed by atoms with Crippen LogP contribution in [-0.4, -0.2) is 65.5 Å². The van der Waals surface area contributed by atoms with Gasteiger partial charge in [-0.3, -0.25) is 9.59 Å². The third-order valence-corrected chi connectivity index (χ3v) is 3.46. The Morgan fingerprint density at radius 3 is 2.57 bits per heavy atom. The second-order valence-corrected chi connectivity index (χ2v) is 6.53. The molecule has 1 atom stereocenters. The molecule has 1 saturated heterocycles. The standard InChI is InChI=1S/C16H27N3O4/c1-6-13(20)18(7-2)11-14(21)19-9-8-12(10-19)17-15(22)23-16(3,4)5/h6,12H,1,7-11H2,2-5H3,(H,17,22). The summed E-state index contributed by atoms with van der Waals surface area (Å²) in [6.45, 7) is 12.1. The topological polar surface area (TPSA) is 79.0 Å². The Hall–Kier alpha value is -2.05. The van der Waals surface area contributed by atoms with Gasteiger partial charge in [0.1, 0.15) is 5.60 Å². The Morgan fingerprint density at radius 1 is 1.39 bits per heavy atom. The van der Waals surface area contributed by atoms with E-state index in [9.17, 15) is 14.4 Å². The largest absolute Gasteiger partial charge is 0.444 e. The zero-order valence-electron chi connectivity index (χ0n) is 14.4. The fraction of sp³-hybridized carbons (Fsp3) is 0.688. The molecular formula is C16H27N3O4. The van der Waals surface area contributed by atoms with E-state index in [1.54, 1.807) is 25.7 Å². The second kappa shape index (κ2) is 7.99. The lowest BCUT2D eigenvalue weighted by Gasteiger charge is -2.24. The quantitative estimate of drug-likeness (QED) is 0.769. The normalized spacial score (nSPS) is 17.6. The van der Waals surface area contributed by atoms with Crippen molar-refractivity contribution >= 4 is 17.9 Å². The summed E-state index contributed by atoms with van der Waals surface area (Å²) in [4.78, 5) is 38.7. The van der Waals surface area contributed by atoms with Crippen molar-refractivity contribution in [3.63, 3.8) is 0 Å². The first kappa shape index (κ1) is 19.0. The SMILES string of the molecule is C=CC(=O)N(CC)CC(=O)N1CCC(NC(=O)OC(C)(C)C)C1. The van der Waals surface area contributed by atoms with Gasteiger partial charge in [0.15, 0.2) is 0 Å². The van der Waals surface area contributed by atoms with E-state index >= 15 is 0 Å². The molecule has 3 amide bonds. The Bertz CT molecular complexity index is 470. The number of ether oxygens (including phenoxy) is 1. The summed E-state index contributed by atoms with van der Waals surface area (Å²) < 4.78 is 5.21. The Kier molecular flexibility index (Phi) is 6.60. The van der Waals surface area contributed by atoms with E-state index in [0.717, 1.165) is 0 Å². The summed E-state index contributed by atoms with van der Waals surface area (Å²) in [6.07, 6.45) is 1.40. The Morgan fingerprint density at radius 2 is 2.04 bits per heavy atom. The van der Waals surface area contributed by atoms with Gasteiger partial charge in [0.2, 0.25) is 11.8 Å². The molecule has 0 spiro atoms. The second-order valence-electron chi connectivity index (χ2n) is 6.53. The first-order valence-electron chi connectivity index (χ1n) is 7.85. The van der Waals surface area contributed by atoms with Crippen molar-refractivity contribution < 1.29 is 19.1 Å². The van der Waals surface area contributed by atoms with E-state index in [4.69, 9.17) is 4.74 Å². The van der Waals surface area contributed by atoms with Crippen molar-refractivity contribution in [3.8, 4) is 0 Å². The van der Waals surface area contributed by atoms with Gasteiger partial charge >= 0.3 is 6.09 Å². The van der Waals surface area contributed by atoms with Crippen molar-refractivity contribution in [1.82, 2.24) is 15.1 Å². The molecule has 1 aliphatic heterocycles. The predicted octanol–water partition coefficient (Wildman–Crippen LogP) is 1.15. The van der Waals surface area contributed by atoms with E-state index in [2.05, 4.69) is 11.9 Å². The molecule has 1 N–H and O–H groups in total. The van der Waals surface area contributed by atoms with Crippen molar-refractivity contribution in [2.24, 2.45) is 0 Å². The van der Waals surface area contributed by atoms with E-state index in [1.165, 1.54) is 11.0 Å². The minimum Gasteiger partial charge on any atom is -0.444 e. The van der Waals surface area contributed by atoms with Crippen LogP contribution in [-0.2, 0) is 14.3 Å². The Labute approximate surface area is 137 Å². The monoisotopic (exact) mass is 325 g/mol. The number of carbonyl (C=O) groups excluding carboxylic acids is 3. The highest BCUT2D eigenvalue weighted by Gasteiger charge is 2.29. The van der Waals surface area contributed by atoms with E-state index < -0.39 is 11.7 Å². The molecule has 0 radical (unpaired) electrons. The van der Waals surface area contributed by atoms with Gasteiger partial charge in [-0.1, -0.05) is 6.58 Å². The molecule has 0 aromatic rings. The molecule has 0 bridgehead atoms. The van der Waals surface area contributed by atoms with Gasteiger partial charge in [0.05, 0.1) is 12.6 Å². The number of alkyl carbamates (subject to hydrolysis) is 1. The number of rotatable bonds is 5. The van der Waals surface area contributed by atoms with Crippen molar-refractivity contribution in [2.75, 3.05) is 26.2 Å². The van der Waals surface area contributed by atoms with Gasteiger partial charge < -0.3 is 19.9 Å². The van der Waals surface area contributed by atoms with Crippen LogP contribution >= 0.6 is 0 Å².